The highest BCUT2D eigenvalue weighted by molar-refractivity contribution is 5.98. The summed E-state index contributed by atoms with van der Waals surface area (Å²) < 4.78 is 6.00. The summed E-state index contributed by atoms with van der Waals surface area (Å²) in [6.07, 6.45) is 9.51. The van der Waals surface area contributed by atoms with Crippen molar-refractivity contribution in [2.75, 3.05) is 6.61 Å². The fourth-order valence-electron chi connectivity index (χ4n) is 6.53. The van der Waals surface area contributed by atoms with Crippen molar-refractivity contribution < 1.29 is 14.3 Å². The summed E-state index contributed by atoms with van der Waals surface area (Å²) in [7, 11) is 0. The summed E-state index contributed by atoms with van der Waals surface area (Å²) >= 11 is 0. The van der Waals surface area contributed by atoms with E-state index >= 15 is 0 Å². The lowest BCUT2D eigenvalue weighted by Crippen LogP contribution is -2.55. The highest BCUT2D eigenvalue weighted by Gasteiger charge is 2.44. The van der Waals surface area contributed by atoms with Crippen LogP contribution in [0.15, 0.2) is 72.8 Å². The lowest BCUT2D eigenvalue weighted by Gasteiger charge is -2.47. The lowest BCUT2D eigenvalue weighted by molar-refractivity contribution is 0.00651. The maximum absolute atomic E-state index is 13.4. The van der Waals surface area contributed by atoms with Crippen LogP contribution in [0.2, 0.25) is 0 Å². The summed E-state index contributed by atoms with van der Waals surface area (Å²) in [6, 6.07) is 24.1. The van der Waals surface area contributed by atoms with Gasteiger partial charge in [-0.1, -0.05) is 66.6 Å². The lowest BCUT2D eigenvalue weighted by atomic mass is 9.76. The normalized spacial score (nSPS) is 22.3. The average Bonchev–Trinajstić information content (AvgIpc) is 3.24. The predicted octanol–water partition coefficient (Wildman–Crippen LogP) is 6.43. The van der Waals surface area contributed by atoms with E-state index in [1.807, 2.05) is 41.3 Å². The summed E-state index contributed by atoms with van der Waals surface area (Å²) in [5.74, 6) is 2.73. The predicted molar refractivity (Wildman–Crippen MR) is 140 cm³/mol. The molecule has 0 saturated carbocycles. The number of hydrogen-bond donors (Lipinski definition) is 0. The van der Waals surface area contributed by atoms with Gasteiger partial charge in [0.1, 0.15) is 6.61 Å². The number of carbonyl (C=O) groups is 2. The molecule has 2 saturated heterocycles. The molecular formula is C32H29NO3. The first-order valence-electron chi connectivity index (χ1n) is 12.9. The zero-order valence-corrected chi connectivity index (χ0v) is 20.2. The number of ether oxygens (including phenoxy) is 1. The molecule has 3 aromatic rings. The molecule has 1 aliphatic carbocycles. The number of fused-ring (bicyclic) bond motifs is 5. The van der Waals surface area contributed by atoms with Crippen LogP contribution in [0.3, 0.4) is 0 Å². The first kappa shape index (κ1) is 22.6. The van der Waals surface area contributed by atoms with Gasteiger partial charge in [-0.05, 0) is 66.5 Å². The third-order valence-electron chi connectivity index (χ3n) is 8.23. The second kappa shape index (κ2) is 9.32. The molecule has 180 valence electrons. The third kappa shape index (κ3) is 3.89. The standard InChI is InChI=1S/C32H29NO3/c1-2-21-14-16-22(17-15-21)31(34)23-18-24-8-7-9-25(19-23)33(24)32(35)36-20-30-28-12-5-3-10-26(28)27-11-4-6-13-29(27)30/h1,3-6,10-17,23-25,30H,7-9,18-20H2. The van der Waals surface area contributed by atoms with E-state index in [4.69, 9.17) is 11.2 Å². The fourth-order valence-corrected chi connectivity index (χ4v) is 6.53. The van der Waals surface area contributed by atoms with E-state index < -0.39 is 0 Å². The Morgan fingerprint density at radius 1 is 0.861 bits per heavy atom. The summed E-state index contributed by atoms with van der Waals surface area (Å²) in [4.78, 5) is 28.6. The molecule has 2 atom stereocenters. The van der Waals surface area contributed by atoms with Crippen LogP contribution < -0.4 is 0 Å². The van der Waals surface area contributed by atoms with E-state index in [1.54, 1.807) is 0 Å². The van der Waals surface area contributed by atoms with E-state index in [-0.39, 0.29) is 35.8 Å². The van der Waals surface area contributed by atoms with Gasteiger partial charge in [0.2, 0.25) is 0 Å². The second-order valence-electron chi connectivity index (χ2n) is 10.2. The molecule has 0 radical (unpaired) electrons. The van der Waals surface area contributed by atoms with Crippen molar-refractivity contribution in [1.82, 2.24) is 4.90 Å². The van der Waals surface area contributed by atoms with E-state index in [9.17, 15) is 9.59 Å². The van der Waals surface area contributed by atoms with Crippen molar-refractivity contribution in [3.63, 3.8) is 0 Å². The van der Waals surface area contributed by atoms with Crippen LogP contribution in [-0.2, 0) is 4.74 Å². The number of rotatable bonds is 4. The zero-order chi connectivity index (χ0) is 24.6. The van der Waals surface area contributed by atoms with Gasteiger partial charge in [0.25, 0.3) is 0 Å². The minimum Gasteiger partial charge on any atom is -0.448 e. The van der Waals surface area contributed by atoms with Crippen molar-refractivity contribution in [2.24, 2.45) is 5.92 Å². The molecule has 0 N–H and O–H groups in total. The number of terminal acetylenes is 1. The Balaban J connectivity index is 1.16. The van der Waals surface area contributed by atoms with Gasteiger partial charge in [0.05, 0.1) is 0 Å². The van der Waals surface area contributed by atoms with Gasteiger partial charge in [0.15, 0.2) is 5.78 Å². The molecule has 6 rings (SSSR count). The first-order valence-corrected chi connectivity index (χ1v) is 12.9. The first-order chi connectivity index (χ1) is 17.6. The number of benzene rings is 3. The van der Waals surface area contributed by atoms with Crippen LogP contribution in [0.1, 0.15) is 65.1 Å². The molecule has 4 nitrogen and oxygen atoms in total. The van der Waals surface area contributed by atoms with Crippen LogP contribution in [0.5, 0.6) is 0 Å². The number of Topliss-reactive ketones (excluding diaryl/α,β-unsaturated/α-hetero) is 1. The summed E-state index contributed by atoms with van der Waals surface area (Å²) in [5, 5.41) is 0. The third-order valence-corrected chi connectivity index (χ3v) is 8.23. The molecule has 0 spiro atoms. The maximum Gasteiger partial charge on any atom is 0.410 e. The highest BCUT2D eigenvalue weighted by atomic mass is 16.6. The van der Waals surface area contributed by atoms with Crippen LogP contribution in [-0.4, -0.2) is 35.5 Å². The fraction of sp³-hybridized carbons (Fsp3) is 0.312. The molecule has 3 aliphatic rings. The van der Waals surface area contributed by atoms with Crippen molar-refractivity contribution in [3.05, 3.63) is 95.1 Å². The number of ketones is 1. The van der Waals surface area contributed by atoms with Crippen LogP contribution in [0.4, 0.5) is 4.79 Å². The smallest absolute Gasteiger partial charge is 0.410 e. The molecule has 2 aliphatic heterocycles. The number of amides is 1. The van der Waals surface area contributed by atoms with E-state index in [2.05, 4.69) is 42.3 Å². The molecule has 4 heteroatoms. The molecule has 1 amide bonds. The Hall–Kier alpha value is -3.84. The van der Waals surface area contributed by atoms with Gasteiger partial charge in [-0.15, -0.1) is 6.42 Å². The molecule has 2 heterocycles. The van der Waals surface area contributed by atoms with Gasteiger partial charge < -0.3 is 9.64 Å². The van der Waals surface area contributed by atoms with Crippen LogP contribution >= 0.6 is 0 Å². The second-order valence-corrected chi connectivity index (χ2v) is 10.2. The zero-order valence-electron chi connectivity index (χ0n) is 20.2. The Labute approximate surface area is 212 Å². The molecule has 3 aromatic carbocycles. The SMILES string of the molecule is C#Cc1ccc(C(=O)C2CC3CCCC(C2)N3C(=O)OCC2c3ccccc3-c3ccccc32)cc1. The Bertz CT molecular complexity index is 1290. The average molecular weight is 476 g/mol. The molecule has 2 fully saturated rings. The number of carbonyl (C=O) groups excluding carboxylic acids is 2. The Morgan fingerprint density at radius 3 is 2.03 bits per heavy atom. The highest BCUT2D eigenvalue weighted by Crippen LogP contribution is 2.45. The van der Waals surface area contributed by atoms with E-state index in [0.717, 1.165) is 24.8 Å². The molecule has 2 bridgehead atoms. The van der Waals surface area contributed by atoms with Crippen molar-refractivity contribution >= 4 is 11.9 Å². The molecule has 2 unspecified atom stereocenters. The van der Waals surface area contributed by atoms with Crippen molar-refractivity contribution in [2.45, 2.75) is 50.1 Å². The minimum atomic E-state index is -0.240. The molecular weight excluding hydrogens is 446 g/mol. The summed E-state index contributed by atoms with van der Waals surface area (Å²) in [6.45, 7) is 0.326. The number of hydrogen-bond acceptors (Lipinski definition) is 3. The number of piperidine rings is 2. The monoisotopic (exact) mass is 475 g/mol. The molecule has 0 aromatic heterocycles. The van der Waals surface area contributed by atoms with Gasteiger partial charge in [-0.3, -0.25) is 4.79 Å². The van der Waals surface area contributed by atoms with Crippen molar-refractivity contribution in [1.29, 1.82) is 0 Å². The topological polar surface area (TPSA) is 46.6 Å². The van der Waals surface area contributed by atoms with Gasteiger partial charge in [-0.25, -0.2) is 4.79 Å². The maximum atomic E-state index is 13.4. The largest absolute Gasteiger partial charge is 0.448 e. The van der Waals surface area contributed by atoms with Crippen LogP contribution in [0, 0.1) is 18.3 Å². The minimum absolute atomic E-state index is 0.0475. The van der Waals surface area contributed by atoms with E-state index in [0.29, 0.717) is 25.0 Å². The Kier molecular flexibility index (Phi) is 5.85. The van der Waals surface area contributed by atoms with Gasteiger partial charge >= 0.3 is 6.09 Å². The van der Waals surface area contributed by atoms with Gasteiger partial charge in [0, 0.05) is 35.0 Å². The van der Waals surface area contributed by atoms with Crippen LogP contribution in [0.25, 0.3) is 11.1 Å². The summed E-state index contributed by atoms with van der Waals surface area (Å²) in [5.41, 5.74) is 6.35. The van der Waals surface area contributed by atoms with Gasteiger partial charge in [-0.2, -0.15) is 0 Å². The molecule has 36 heavy (non-hydrogen) atoms. The van der Waals surface area contributed by atoms with E-state index in [1.165, 1.54) is 22.3 Å². The van der Waals surface area contributed by atoms with Crippen molar-refractivity contribution in [3.8, 4) is 23.5 Å². The Morgan fingerprint density at radius 2 is 1.44 bits per heavy atom. The number of nitrogens with zero attached hydrogens (tertiary/aromatic N) is 1. The quantitative estimate of drug-likeness (QED) is 0.323.